The van der Waals surface area contributed by atoms with Crippen molar-refractivity contribution in [2.75, 3.05) is 5.32 Å². The van der Waals surface area contributed by atoms with Crippen LogP contribution in [0.25, 0.3) is 0 Å². The predicted octanol–water partition coefficient (Wildman–Crippen LogP) is 4.93. The Hall–Kier alpha value is -1.59. The number of hydrogen-bond donors (Lipinski definition) is 1. The van der Waals surface area contributed by atoms with Crippen molar-refractivity contribution in [2.45, 2.75) is 13.5 Å². The van der Waals surface area contributed by atoms with Gasteiger partial charge < -0.3 is 5.32 Å². The average molecular weight is 356 g/mol. The highest BCUT2D eigenvalue weighted by atomic mass is 79.9. The molecule has 0 aromatic heterocycles. The Labute approximate surface area is 130 Å². The van der Waals surface area contributed by atoms with Crippen LogP contribution in [0.3, 0.4) is 0 Å². The number of nitro benzene ring substituents is 1. The SMILES string of the molecule is Cc1ccc(Cl)c(NCc2cccc([N+](=O)[O-])c2Br)c1. The Bertz CT molecular complexity index is 662. The summed E-state index contributed by atoms with van der Waals surface area (Å²) in [7, 11) is 0. The highest BCUT2D eigenvalue weighted by Crippen LogP contribution is 2.30. The van der Waals surface area contributed by atoms with Gasteiger partial charge in [-0.3, -0.25) is 10.1 Å². The monoisotopic (exact) mass is 354 g/mol. The third-order valence-electron chi connectivity index (χ3n) is 2.85. The molecule has 0 heterocycles. The predicted molar refractivity (Wildman–Crippen MR) is 84.3 cm³/mol. The first-order valence-corrected chi connectivity index (χ1v) is 7.08. The van der Waals surface area contributed by atoms with Gasteiger partial charge >= 0.3 is 0 Å². The molecule has 104 valence electrons. The van der Waals surface area contributed by atoms with Gasteiger partial charge in [-0.05, 0) is 46.1 Å². The second-order valence-electron chi connectivity index (χ2n) is 4.34. The Balaban J connectivity index is 2.21. The van der Waals surface area contributed by atoms with E-state index in [2.05, 4.69) is 21.2 Å². The fourth-order valence-electron chi connectivity index (χ4n) is 1.81. The largest absolute Gasteiger partial charge is 0.380 e. The molecule has 0 radical (unpaired) electrons. The van der Waals surface area contributed by atoms with Crippen LogP contribution in [0.5, 0.6) is 0 Å². The summed E-state index contributed by atoms with van der Waals surface area (Å²) in [6.07, 6.45) is 0. The molecule has 2 aromatic carbocycles. The molecule has 2 aromatic rings. The van der Waals surface area contributed by atoms with Crippen LogP contribution in [-0.2, 0) is 6.54 Å². The molecular weight excluding hydrogens is 344 g/mol. The lowest BCUT2D eigenvalue weighted by Crippen LogP contribution is -2.02. The number of rotatable bonds is 4. The van der Waals surface area contributed by atoms with Gasteiger partial charge in [0.15, 0.2) is 0 Å². The van der Waals surface area contributed by atoms with Crippen molar-refractivity contribution in [3.8, 4) is 0 Å². The van der Waals surface area contributed by atoms with Crippen molar-refractivity contribution in [1.82, 2.24) is 0 Å². The maximum absolute atomic E-state index is 10.9. The molecule has 1 N–H and O–H groups in total. The zero-order valence-electron chi connectivity index (χ0n) is 10.7. The zero-order valence-corrected chi connectivity index (χ0v) is 13.0. The average Bonchev–Trinajstić information content (AvgIpc) is 2.41. The molecule has 0 aliphatic heterocycles. The molecule has 0 atom stereocenters. The Morgan fingerprint density at radius 3 is 2.80 bits per heavy atom. The van der Waals surface area contributed by atoms with E-state index >= 15 is 0 Å². The highest BCUT2D eigenvalue weighted by Gasteiger charge is 2.14. The second kappa shape index (κ2) is 6.24. The zero-order chi connectivity index (χ0) is 14.7. The molecule has 6 heteroatoms. The third kappa shape index (κ3) is 3.29. The molecule has 0 saturated heterocycles. The van der Waals surface area contributed by atoms with E-state index in [4.69, 9.17) is 11.6 Å². The lowest BCUT2D eigenvalue weighted by atomic mass is 10.2. The number of halogens is 2. The van der Waals surface area contributed by atoms with Gasteiger partial charge in [-0.1, -0.05) is 29.8 Å². The van der Waals surface area contributed by atoms with Crippen LogP contribution in [-0.4, -0.2) is 4.92 Å². The van der Waals surface area contributed by atoms with E-state index < -0.39 is 4.92 Å². The normalized spacial score (nSPS) is 10.3. The maximum atomic E-state index is 10.9. The number of benzene rings is 2. The summed E-state index contributed by atoms with van der Waals surface area (Å²) < 4.78 is 0.487. The first-order chi connectivity index (χ1) is 9.49. The topological polar surface area (TPSA) is 55.2 Å². The first-order valence-electron chi connectivity index (χ1n) is 5.91. The summed E-state index contributed by atoms with van der Waals surface area (Å²) in [5, 5.41) is 14.7. The number of nitrogens with one attached hydrogen (secondary N) is 1. The Kier molecular flexibility index (Phi) is 4.62. The molecule has 0 aliphatic carbocycles. The number of anilines is 1. The summed E-state index contributed by atoms with van der Waals surface area (Å²) in [4.78, 5) is 10.5. The van der Waals surface area contributed by atoms with E-state index in [-0.39, 0.29) is 5.69 Å². The molecule has 0 fully saturated rings. The van der Waals surface area contributed by atoms with Gasteiger partial charge in [0.25, 0.3) is 5.69 Å². The summed E-state index contributed by atoms with van der Waals surface area (Å²) in [5.41, 5.74) is 2.76. The van der Waals surface area contributed by atoms with Crippen molar-refractivity contribution in [2.24, 2.45) is 0 Å². The van der Waals surface area contributed by atoms with Crippen LogP contribution in [0.4, 0.5) is 11.4 Å². The summed E-state index contributed by atoms with van der Waals surface area (Å²) in [6, 6.07) is 10.6. The van der Waals surface area contributed by atoms with Crippen LogP contribution >= 0.6 is 27.5 Å². The third-order valence-corrected chi connectivity index (χ3v) is 4.09. The van der Waals surface area contributed by atoms with Crippen molar-refractivity contribution in [3.05, 3.63) is 67.1 Å². The molecule has 20 heavy (non-hydrogen) atoms. The molecule has 2 rings (SSSR count). The number of nitrogens with zero attached hydrogens (tertiary/aromatic N) is 1. The minimum Gasteiger partial charge on any atom is -0.380 e. The highest BCUT2D eigenvalue weighted by molar-refractivity contribution is 9.10. The van der Waals surface area contributed by atoms with Crippen molar-refractivity contribution >= 4 is 38.9 Å². The van der Waals surface area contributed by atoms with E-state index in [9.17, 15) is 10.1 Å². The molecule has 0 unspecified atom stereocenters. The molecule has 0 bridgehead atoms. The van der Waals surface area contributed by atoms with Crippen molar-refractivity contribution in [3.63, 3.8) is 0 Å². The molecular formula is C14H12BrClN2O2. The van der Waals surface area contributed by atoms with Crippen molar-refractivity contribution in [1.29, 1.82) is 0 Å². The number of aryl methyl sites for hydroxylation is 1. The summed E-state index contributed by atoms with van der Waals surface area (Å²) >= 11 is 9.38. The van der Waals surface area contributed by atoms with Gasteiger partial charge in [-0.25, -0.2) is 0 Å². The summed E-state index contributed by atoms with van der Waals surface area (Å²) in [5.74, 6) is 0. The van der Waals surface area contributed by atoms with Crippen LogP contribution in [0.2, 0.25) is 5.02 Å². The summed E-state index contributed by atoms with van der Waals surface area (Å²) in [6.45, 7) is 2.43. The minimum absolute atomic E-state index is 0.0552. The Morgan fingerprint density at radius 1 is 1.35 bits per heavy atom. The fourth-order valence-corrected chi connectivity index (χ4v) is 2.54. The lowest BCUT2D eigenvalue weighted by Gasteiger charge is -2.10. The van der Waals surface area contributed by atoms with Gasteiger partial charge in [0.1, 0.15) is 4.47 Å². The van der Waals surface area contributed by atoms with Gasteiger partial charge in [0, 0.05) is 12.6 Å². The molecule has 0 aliphatic rings. The van der Waals surface area contributed by atoms with Crippen LogP contribution in [0.1, 0.15) is 11.1 Å². The molecule has 0 saturated carbocycles. The van der Waals surface area contributed by atoms with Gasteiger partial charge in [-0.2, -0.15) is 0 Å². The molecule has 0 amide bonds. The van der Waals surface area contributed by atoms with Gasteiger partial charge in [0.05, 0.1) is 15.6 Å². The number of nitro groups is 1. The van der Waals surface area contributed by atoms with Crippen LogP contribution < -0.4 is 5.32 Å². The van der Waals surface area contributed by atoms with Crippen LogP contribution in [0, 0.1) is 17.0 Å². The molecule has 4 nitrogen and oxygen atoms in total. The fraction of sp³-hybridized carbons (Fsp3) is 0.143. The Morgan fingerprint density at radius 2 is 2.10 bits per heavy atom. The maximum Gasteiger partial charge on any atom is 0.283 e. The van der Waals surface area contributed by atoms with Gasteiger partial charge in [0.2, 0.25) is 0 Å². The first kappa shape index (κ1) is 14.8. The lowest BCUT2D eigenvalue weighted by molar-refractivity contribution is -0.385. The van der Waals surface area contributed by atoms with E-state index in [1.165, 1.54) is 6.07 Å². The standard InChI is InChI=1S/C14H12BrClN2O2/c1-9-5-6-11(16)12(7-9)17-8-10-3-2-4-13(14(10)15)18(19)20/h2-7,17H,8H2,1H3. The van der Waals surface area contributed by atoms with E-state index in [0.717, 1.165) is 16.8 Å². The van der Waals surface area contributed by atoms with Crippen molar-refractivity contribution < 1.29 is 4.92 Å². The quantitative estimate of drug-likeness (QED) is 0.625. The van der Waals surface area contributed by atoms with E-state index in [1.807, 2.05) is 31.2 Å². The smallest absolute Gasteiger partial charge is 0.283 e. The second-order valence-corrected chi connectivity index (χ2v) is 5.54. The molecule has 0 spiro atoms. The number of hydrogen-bond acceptors (Lipinski definition) is 3. The van der Waals surface area contributed by atoms with E-state index in [0.29, 0.717) is 16.0 Å². The van der Waals surface area contributed by atoms with Crippen LogP contribution in [0.15, 0.2) is 40.9 Å². The van der Waals surface area contributed by atoms with Gasteiger partial charge in [-0.15, -0.1) is 0 Å². The van der Waals surface area contributed by atoms with E-state index in [1.54, 1.807) is 6.07 Å². The minimum atomic E-state index is -0.409.